The van der Waals surface area contributed by atoms with E-state index in [1.807, 2.05) is 17.5 Å². The van der Waals surface area contributed by atoms with Gasteiger partial charge in [0.15, 0.2) is 0 Å². The molecule has 0 radical (unpaired) electrons. The molecule has 0 aliphatic rings. The van der Waals surface area contributed by atoms with Crippen molar-refractivity contribution in [1.29, 1.82) is 0 Å². The Morgan fingerprint density at radius 3 is 2.67 bits per heavy atom. The summed E-state index contributed by atoms with van der Waals surface area (Å²) in [7, 11) is 0. The number of thioether (sulfide) groups is 1. The highest BCUT2D eigenvalue weighted by Gasteiger charge is 2.07. The number of amides is 2. The molecule has 1 aromatic heterocycles. The third kappa shape index (κ3) is 6.33. The molecule has 0 saturated heterocycles. The van der Waals surface area contributed by atoms with Crippen LogP contribution in [-0.2, 0) is 10.5 Å². The molecule has 0 saturated carbocycles. The van der Waals surface area contributed by atoms with Crippen molar-refractivity contribution in [1.82, 2.24) is 10.6 Å². The van der Waals surface area contributed by atoms with Crippen molar-refractivity contribution in [2.45, 2.75) is 12.2 Å². The molecule has 0 fully saturated rings. The van der Waals surface area contributed by atoms with Crippen molar-refractivity contribution in [3.05, 3.63) is 58.0 Å². The molecule has 7 heteroatoms. The molecule has 2 rings (SSSR count). The predicted molar refractivity (Wildman–Crippen MR) is 96.8 cm³/mol. The van der Waals surface area contributed by atoms with Crippen LogP contribution in [0.4, 0.5) is 4.39 Å². The number of benzene rings is 1. The van der Waals surface area contributed by atoms with Gasteiger partial charge in [-0.1, -0.05) is 24.3 Å². The van der Waals surface area contributed by atoms with Crippen molar-refractivity contribution >= 4 is 34.9 Å². The lowest BCUT2D eigenvalue weighted by molar-refractivity contribution is -0.120. The number of rotatable bonds is 9. The van der Waals surface area contributed by atoms with Gasteiger partial charge in [-0.3, -0.25) is 9.59 Å². The largest absolute Gasteiger partial charge is 0.355 e. The molecule has 1 aromatic carbocycles. The SMILES string of the molecule is O=C(CCNC(=O)c1cccs1)NCCSCc1ccccc1F. The summed E-state index contributed by atoms with van der Waals surface area (Å²) in [5, 5.41) is 7.33. The monoisotopic (exact) mass is 366 g/mol. The maximum Gasteiger partial charge on any atom is 0.261 e. The number of hydrogen-bond donors (Lipinski definition) is 2. The third-order valence-electron chi connectivity index (χ3n) is 3.17. The van der Waals surface area contributed by atoms with Crippen LogP contribution in [0.2, 0.25) is 0 Å². The van der Waals surface area contributed by atoms with Gasteiger partial charge < -0.3 is 10.6 Å². The van der Waals surface area contributed by atoms with Gasteiger partial charge in [0.05, 0.1) is 4.88 Å². The fourth-order valence-electron chi connectivity index (χ4n) is 1.93. The van der Waals surface area contributed by atoms with E-state index in [1.54, 1.807) is 30.0 Å². The Hall–Kier alpha value is -1.86. The third-order valence-corrected chi connectivity index (χ3v) is 5.04. The van der Waals surface area contributed by atoms with Crippen LogP contribution in [0, 0.1) is 5.82 Å². The van der Waals surface area contributed by atoms with Crippen molar-refractivity contribution in [2.75, 3.05) is 18.8 Å². The Kier molecular flexibility index (Phi) is 7.77. The van der Waals surface area contributed by atoms with Crippen LogP contribution in [0.15, 0.2) is 41.8 Å². The number of hydrogen-bond acceptors (Lipinski definition) is 4. The van der Waals surface area contributed by atoms with Crippen LogP contribution in [0.5, 0.6) is 0 Å². The summed E-state index contributed by atoms with van der Waals surface area (Å²) in [5.74, 6) is 0.836. The van der Waals surface area contributed by atoms with Crippen LogP contribution in [0.3, 0.4) is 0 Å². The highest BCUT2D eigenvalue weighted by Crippen LogP contribution is 2.14. The van der Waals surface area contributed by atoms with E-state index >= 15 is 0 Å². The summed E-state index contributed by atoms with van der Waals surface area (Å²) < 4.78 is 13.4. The fraction of sp³-hybridized carbons (Fsp3) is 0.294. The summed E-state index contributed by atoms with van der Waals surface area (Å²) >= 11 is 2.93. The molecule has 0 unspecified atom stereocenters. The zero-order valence-corrected chi connectivity index (χ0v) is 14.7. The Morgan fingerprint density at radius 2 is 1.92 bits per heavy atom. The minimum absolute atomic E-state index is 0.104. The first kappa shape index (κ1) is 18.5. The maximum absolute atomic E-state index is 13.4. The van der Waals surface area contributed by atoms with Gasteiger partial charge >= 0.3 is 0 Å². The average Bonchev–Trinajstić information content (AvgIpc) is 3.10. The van der Waals surface area contributed by atoms with E-state index in [4.69, 9.17) is 0 Å². The molecule has 4 nitrogen and oxygen atoms in total. The zero-order chi connectivity index (χ0) is 17.2. The first-order chi connectivity index (χ1) is 11.7. The molecule has 128 valence electrons. The second-order valence-electron chi connectivity index (χ2n) is 4.98. The lowest BCUT2D eigenvalue weighted by Gasteiger charge is -2.06. The van der Waals surface area contributed by atoms with Crippen molar-refractivity contribution in [2.24, 2.45) is 0 Å². The molecule has 0 spiro atoms. The van der Waals surface area contributed by atoms with Gasteiger partial charge in [-0.2, -0.15) is 11.8 Å². The number of carbonyl (C=O) groups is 2. The fourth-order valence-corrected chi connectivity index (χ4v) is 3.42. The Morgan fingerprint density at radius 1 is 1.08 bits per heavy atom. The van der Waals surface area contributed by atoms with E-state index in [9.17, 15) is 14.0 Å². The van der Waals surface area contributed by atoms with Crippen LogP contribution >= 0.6 is 23.1 Å². The standard InChI is InChI=1S/C17H19FN2O2S2/c18-14-5-2-1-4-13(14)12-23-11-9-19-16(21)7-8-20-17(22)15-6-3-10-24-15/h1-6,10H,7-9,11-12H2,(H,19,21)(H,20,22). The van der Waals surface area contributed by atoms with Gasteiger partial charge in [-0.05, 0) is 23.1 Å². The topological polar surface area (TPSA) is 58.2 Å². The van der Waals surface area contributed by atoms with Gasteiger partial charge in [0.2, 0.25) is 5.91 Å². The van der Waals surface area contributed by atoms with Crippen LogP contribution in [-0.4, -0.2) is 30.7 Å². The molecule has 2 amide bonds. The van der Waals surface area contributed by atoms with E-state index in [0.717, 1.165) is 0 Å². The molecule has 0 aliphatic carbocycles. The summed E-state index contributed by atoms with van der Waals surface area (Å²) in [6, 6.07) is 10.2. The number of halogens is 1. The van der Waals surface area contributed by atoms with Gasteiger partial charge in [0.1, 0.15) is 5.82 Å². The second kappa shape index (κ2) is 10.1. The highest BCUT2D eigenvalue weighted by atomic mass is 32.2. The second-order valence-corrected chi connectivity index (χ2v) is 7.03. The van der Waals surface area contributed by atoms with Crippen LogP contribution < -0.4 is 10.6 Å². The summed E-state index contributed by atoms with van der Waals surface area (Å²) in [6.07, 6.45) is 0.245. The van der Waals surface area contributed by atoms with E-state index in [0.29, 0.717) is 35.0 Å². The van der Waals surface area contributed by atoms with Gasteiger partial charge in [-0.25, -0.2) is 4.39 Å². The van der Waals surface area contributed by atoms with E-state index < -0.39 is 0 Å². The number of carbonyl (C=O) groups excluding carboxylic acids is 2. The molecule has 0 bridgehead atoms. The van der Waals surface area contributed by atoms with Crippen LogP contribution in [0.25, 0.3) is 0 Å². The zero-order valence-electron chi connectivity index (χ0n) is 13.1. The summed E-state index contributed by atoms with van der Waals surface area (Å²) in [5.41, 5.74) is 0.671. The molecular weight excluding hydrogens is 347 g/mol. The van der Waals surface area contributed by atoms with E-state index in [-0.39, 0.29) is 24.1 Å². The Balaban J connectivity index is 1.52. The summed E-state index contributed by atoms with van der Waals surface area (Å²) in [4.78, 5) is 24.0. The molecule has 2 N–H and O–H groups in total. The maximum atomic E-state index is 13.4. The molecule has 2 aromatic rings. The lowest BCUT2D eigenvalue weighted by atomic mass is 10.2. The van der Waals surface area contributed by atoms with Crippen molar-refractivity contribution in [3.63, 3.8) is 0 Å². The molecule has 0 atom stereocenters. The predicted octanol–water partition coefficient (Wildman–Crippen LogP) is 3.06. The quantitative estimate of drug-likeness (QED) is 0.671. The van der Waals surface area contributed by atoms with Crippen LogP contribution in [0.1, 0.15) is 21.7 Å². The van der Waals surface area contributed by atoms with Gasteiger partial charge in [-0.15, -0.1) is 11.3 Å². The highest BCUT2D eigenvalue weighted by molar-refractivity contribution is 7.98. The molecule has 0 aliphatic heterocycles. The Bertz CT molecular complexity index is 662. The van der Waals surface area contributed by atoms with Gasteiger partial charge in [0.25, 0.3) is 5.91 Å². The average molecular weight is 366 g/mol. The first-order valence-corrected chi connectivity index (χ1v) is 9.60. The summed E-state index contributed by atoms with van der Waals surface area (Å²) in [6.45, 7) is 0.835. The molecular formula is C17H19FN2O2S2. The van der Waals surface area contributed by atoms with E-state index in [1.165, 1.54) is 17.4 Å². The minimum Gasteiger partial charge on any atom is -0.355 e. The number of thiophene rings is 1. The normalized spacial score (nSPS) is 10.4. The molecule has 24 heavy (non-hydrogen) atoms. The van der Waals surface area contributed by atoms with Crippen molar-refractivity contribution < 1.29 is 14.0 Å². The van der Waals surface area contributed by atoms with Crippen molar-refractivity contribution in [3.8, 4) is 0 Å². The van der Waals surface area contributed by atoms with Gasteiger partial charge in [0, 0.05) is 31.0 Å². The van der Waals surface area contributed by atoms with E-state index in [2.05, 4.69) is 10.6 Å². The first-order valence-electron chi connectivity index (χ1n) is 7.56. The minimum atomic E-state index is -0.199. The lowest BCUT2D eigenvalue weighted by Crippen LogP contribution is -2.31. The Labute approximate surface area is 148 Å². The smallest absolute Gasteiger partial charge is 0.261 e. The molecule has 1 heterocycles. The number of nitrogens with one attached hydrogen (secondary N) is 2.